The van der Waals surface area contributed by atoms with Gasteiger partial charge < -0.3 is 0 Å². The van der Waals surface area contributed by atoms with Crippen LogP contribution in [-0.4, -0.2) is 5.38 Å². The van der Waals surface area contributed by atoms with E-state index in [2.05, 4.69) is 13.8 Å². The van der Waals surface area contributed by atoms with Gasteiger partial charge in [-0.25, -0.2) is 0 Å². The molecule has 0 heterocycles. The van der Waals surface area contributed by atoms with Gasteiger partial charge in [-0.3, -0.25) is 0 Å². The lowest BCUT2D eigenvalue weighted by Gasteiger charge is -2.09. The third kappa shape index (κ3) is 26.3. The van der Waals surface area contributed by atoms with E-state index in [1.807, 2.05) is 0 Å². The van der Waals surface area contributed by atoms with Crippen LogP contribution in [0.2, 0.25) is 0 Å². The summed E-state index contributed by atoms with van der Waals surface area (Å²) < 4.78 is 0. The minimum absolute atomic E-state index is 0.441. The maximum absolute atomic E-state index is 6.54. The number of hydrogen-bond donors (Lipinski definition) is 0. The Morgan fingerprint density at radius 3 is 0.767 bits per heavy atom. The second-order valence-corrected chi connectivity index (χ2v) is 10.6. The Labute approximate surface area is 197 Å². The summed E-state index contributed by atoms with van der Waals surface area (Å²) in [5.74, 6) is 0. The molecule has 0 saturated carbocycles. The number of alkyl halides is 1. The van der Waals surface area contributed by atoms with E-state index in [0.717, 1.165) is 0 Å². The predicted molar refractivity (Wildman–Crippen MR) is 141 cm³/mol. The third-order valence-corrected chi connectivity index (χ3v) is 7.18. The lowest BCUT2D eigenvalue weighted by Crippen LogP contribution is -1.98. The molecular weight excluding hydrogens is 384 g/mol. The van der Waals surface area contributed by atoms with Gasteiger partial charge in [-0.05, 0) is 12.8 Å². The van der Waals surface area contributed by atoms with E-state index in [1.165, 1.54) is 167 Å². The van der Waals surface area contributed by atoms with Crippen molar-refractivity contribution in [2.75, 3.05) is 0 Å². The first-order chi connectivity index (χ1) is 14.8. The number of unbranched alkanes of at least 4 members (excludes halogenated alkanes) is 22. The molecule has 0 amide bonds. The lowest BCUT2D eigenvalue weighted by molar-refractivity contribution is 0.517. The zero-order valence-electron chi connectivity index (χ0n) is 21.3. The van der Waals surface area contributed by atoms with Gasteiger partial charge in [-0.1, -0.05) is 168 Å². The fraction of sp³-hybridized carbons (Fsp3) is 1.00. The van der Waals surface area contributed by atoms with Gasteiger partial charge in [-0.2, -0.15) is 0 Å². The summed E-state index contributed by atoms with van der Waals surface area (Å²) in [5, 5.41) is 0.441. The number of rotatable bonds is 26. The molecule has 0 aliphatic carbocycles. The van der Waals surface area contributed by atoms with E-state index >= 15 is 0 Å². The van der Waals surface area contributed by atoms with Crippen molar-refractivity contribution in [3.05, 3.63) is 0 Å². The van der Waals surface area contributed by atoms with Crippen LogP contribution in [0.4, 0.5) is 0 Å². The second-order valence-electron chi connectivity index (χ2n) is 9.95. The van der Waals surface area contributed by atoms with Gasteiger partial charge in [0.15, 0.2) is 0 Å². The topological polar surface area (TPSA) is 0 Å². The van der Waals surface area contributed by atoms with Gasteiger partial charge in [-0.15, -0.1) is 11.6 Å². The molecule has 30 heavy (non-hydrogen) atoms. The highest BCUT2D eigenvalue weighted by atomic mass is 35.5. The quantitative estimate of drug-likeness (QED) is 0.0921. The smallest absolute Gasteiger partial charge is 0.0336 e. The molecule has 0 aromatic carbocycles. The summed E-state index contributed by atoms with van der Waals surface area (Å²) in [6.07, 6.45) is 36.9. The number of halogens is 1. The van der Waals surface area contributed by atoms with Crippen LogP contribution in [0.1, 0.15) is 181 Å². The van der Waals surface area contributed by atoms with Gasteiger partial charge in [0.25, 0.3) is 0 Å². The van der Waals surface area contributed by atoms with Crippen LogP contribution in [-0.2, 0) is 0 Å². The van der Waals surface area contributed by atoms with Gasteiger partial charge in [0.1, 0.15) is 0 Å². The van der Waals surface area contributed by atoms with Crippen molar-refractivity contribution < 1.29 is 0 Å². The molecule has 182 valence electrons. The Kier molecular flexibility index (Phi) is 27.6. The molecule has 0 saturated heterocycles. The summed E-state index contributed by atoms with van der Waals surface area (Å²) in [5.41, 5.74) is 0. The zero-order chi connectivity index (χ0) is 22.0. The summed E-state index contributed by atoms with van der Waals surface area (Å²) >= 11 is 6.54. The fourth-order valence-electron chi connectivity index (χ4n) is 4.56. The predicted octanol–water partition coefficient (Wildman–Crippen LogP) is 11.8. The van der Waals surface area contributed by atoms with Crippen molar-refractivity contribution in [3.8, 4) is 0 Å². The van der Waals surface area contributed by atoms with E-state index in [-0.39, 0.29) is 0 Å². The summed E-state index contributed by atoms with van der Waals surface area (Å²) in [7, 11) is 0. The van der Waals surface area contributed by atoms with E-state index in [9.17, 15) is 0 Å². The van der Waals surface area contributed by atoms with Crippen LogP contribution in [0.3, 0.4) is 0 Å². The van der Waals surface area contributed by atoms with Crippen molar-refractivity contribution in [1.29, 1.82) is 0 Å². The third-order valence-electron chi connectivity index (χ3n) is 6.74. The van der Waals surface area contributed by atoms with E-state index in [1.54, 1.807) is 0 Å². The van der Waals surface area contributed by atoms with E-state index in [0.29, 0.717) is 5.38 Å². The number of hydrogen-bond acceptors (Lipinski definition) is 0. The average Bonchev–Trinajstić information content (AvgIpc) is 2.75. The van der Waals surface area contributed by atoms with Crippen LogP contribution < -0.4 is 0 Å². The van der Waals surface area contributed by atoms with Crippen LogP contribution in [0, 0.1) is 0 Å². The maximum Gasteiger partial charge on any atom is 0.0336 e. The minimum atomic E-state index is 0.441. The van der Waals surface area contributed by atoms with Gasteiger partial charge in [0, 0.05) is 5.38 Å². The van der Waals surface area contributed by atoms with E-state index in [4.69, 9.17) is 11.6 Å². The standard InChI is InChI=1S/C29H59Cl/c1-3-5-7-9-11-13-15-16-17-18-20-22-24-26-28-29(30)27-25-23-21-19-14-12-10-8-6-4-2/h29H,3-28H2,1-2H3. The van der Waals surface area contributed by atoms with Gasteiger partial charge in [0.05, 0.1) is 0 Å². The molecule has 1 atom stereocenters. The zero-order valence-corrected chi connectivity index (χ0v) is 22.1. The second kappa shape index (κ2) is 27.3. The first-order valence-electron chi connectivity index (χ1n) is 14.4. The molecule has 0 bridgehead atoms. The minimum Gasteiger partial charge on any atom is -0.123 e. The summed E-state index contributed by atoms with van der Waals surface area (Å²) in [6, 6.07) is 0. The van der Waals surface area contributed by atoms with Crippen molar-refractivity contribution in [2.45, 2.75) is 186 Å². The lowest BCUT2D eigenvalue weighted by atomic mass is 10.0. The van der Waals surface area contributed by atoms with Crippen LogP contribution in [0.5, 0.6) is 0 Å². The monoisotopic (exact) mass is 442 g/mol. The first-order valence-corrected chi connectivity index (χ1v) is 14.9. The molecule has 0 rings (SSSR count). The van der Waals surface area contributed by atoms with Crippen LogP contribution in [0.15, 0.2) is 0 Å². The Morgan fingerprint density at radius 2 is 0.533 bits per heavy atom. The van der Waals surface area contributed by atoms with E-state index < -0.39 is 0 Å². The van der Waals surface area contributed by atoms with Gasteiger partial charge in [0.2, 0.25) is 0 Å². The van der Waals surface area contributed by atoms with Gasteiger partial charge >= 0.3 is 0 Å². The molecule has 0 spiro atoms. The Hall–Kier alpha value is 0.290. The van der Waals surface area contributed by atoms with Crippen molar-refractivity contribution >= 4 is 11.6 Å². The van der Waals surface area contributed by atoms with Crippen molar-refractivity contribution in [1.82, 2.24) is 0 Å². The molecule has 0 aliphatic rings. The summed E-state index contributed by atoms with van der Waals surface area (Å²) in [6.45, 7) is 4.59. The molecule has 0 nitrogen and oxygen atoms in total. The normalized spacial score (nSPS) is 12.5. The molecule has 1 unspecified atom stereocenters. The van der Waals surface area contributed by atoms with Crippen molar-refractivity contribution in [2.24, 2.45) is 0 Å². The summed E-state index contributed by atoms with van der Waals surface area (Å²) in [4.78, 5) is 0. The molecule has 0 aliphatic heterocycles. The molecule has 1 heteroatoms. The Morgan fingerprint density at radius 1 is 0.333 bits per heavy atom. The first kappa shape index (κ1) is 30.3. The molecule has 0 fully saturated rings. The SMILES string of the molecule is CCCCCCCCCCCCCCCCC(Cl)CCCCCCCCCCCC. The van der Waals surface area contributed by atoms with Crippen LogP contribution in [0.25, 0.3) is 0 Å². The Balaban J connectivity index is 3.12. The fourth-order valence-corrected chi connectivity index (χ4v) is 4.87. The average molecular weight is 443 g/mol. The molecule has 0 N–H and O–H groups in total. The highest BCUT2D eigenvalue weighted by Gasteiger charge is 2.04. The molecule has 0 aromatic rings. The Bertz CT molecular complexity index is 288. The van der Waals surface area contributed by atoms with Crippen LogP contribution >= 0.6 is 11.6 Å². The van der Waals surface area contributed by atoms with Crippen molar-refractivity contribution in [3.63, 3.8) is 0 Å². The highest BCUT2D eigenvalue weighted by molar-refractivity contribution is 6.20. The maximum atomic E-state index is 6.54. The molecule has 0 radical (unpaired) electrons. The molecular formula is C29H59Cl. The highest BCUT2D eigenvalue weighted by Crippen LogP contribution is 2.19. The molecule has 0 aromatic heterocycles. The largest absolute Gasteiger partial charge is 0.123 e.